The Kier molecular flexibility index (Phi) is 4.22. The summed E-state index contributed by atoms with van der Waals surface area (Å²) < 4.78 is 0. The summed E-state index contributed by atoms with van der Waals surface area (Å²) in [6.45, 7) is 5.86. The van der Waals surface area contributed by atoms with Crippen LogP contribution in [0.25, 0.3) is 6.08 Å². The number of anilines is 1. The summed E-state index contributed by atoms with van der Waals surface area (Å²) in [6.07, 6.45) is 1.69. The van der Waals surface area contributed by atoms with Gasteiger partial charge in [0.05, 0.1) is 0 Å². The van der Waals surface area contributed by atoms with Gasteiger partial charge in [0.2, 0.25) is 0 Å². The lowest BCUT2D eigenvalue weighted by atomic mass is 10.1. The third kappa shape index (κ3) is 3.58. The van der Waals surface area contributed by atoms with E-state index in [4.69, 9.17) is 5.11 Å². The first kappa shape index (κ1) is 13.6. The zero-order valence-corrected chi connectivity index (χ0v) is 11.5. The summed E-state index contributed by atoms with van der Waals surface area (Å²) in [6, 6.07) is 8.07. The van der Waals surface area contributed by atoms with Gasteiger partial charge < -0.3 is 14.9 Å². The molecule has 0 bridgehead atoms. The van der Waals surface area contributed by atoms with Crippen LogP contribution in [0, 0.1) is 0 Å². The molecular formula is C15H20N2O2. The average Bonchev–Trinajstić information content (AvgIpc) is 2.40. The second kappa shape index (κ2) is 5.89. The fourth-order valence-electron chi connectivity index (χ4n) is 2.16. The smallest absolute Gasteiger partial charge is 0.331 e. The number of likely N-dealkylation sites (N-methyl/N-ethyl adjacent to an activating group) is 1. The second-order valence-electron chi connectivity index (χ2n) is 5.01. The molecular weight excluding hydrogens is 240 g/mol. The molecule has 0 unspecified atom stereocenters. The predicted octanol–water partition coefficient (Wildman–Crippen LogP) is 1.93. The Morgan fingerprint density at radius 1 is 1.16 bits per heavy atom. The molecule has 0 aromatic heterocycles. The van der Waals surface area contributed by atoms with Crippen LogP contribution in [0.5, 0.6) is 0 Å². The van der Waals surface area contributed by atoms with E-state index in [1.165, 1.54) is 5.69 Å². The van der Waals surface area contributed by atoms with Crippen molar-refractivity contribution in [1.29, 1.82) is 0 Å². The van der Waals surface area contributed by atoms with Crippen LogP contribution in [0.4, 0.5) is 5.69 Å². The number of aliphatic carboxylic acids is 1. The van der Waals surface area contributed by atoms with Gasteiger partial charge in [-0.15, -0.1) is 0 Å². The minimum absolute atomic E-state index is 0.354. The van der Waals surface area contributed by atoms with Crippen molar-refractivity contribution in [3.63, 3.8) is 0 Å². The molecule has 4 heteroatoms. The van der Waals surface area contributed by atoms with Gasteiger partial charge in [0.1, 0.15) is 0 Å². The number of carbonyl (C=O) groups is 1. The van der Waals surface area contributed by atoms with E-state index in [9.17, 15) is 4.79 Å². The van der Waals surface area contributed by atoms with Crippen LogP contribution in [0.15, 0.2) is 29.8 Å². The van der Waals surface area contributed by atoms with Crippen LogP contribution in [0.1, 0.15) is 12.5 Å². The van der Waals surface area contributed by atoms with Gasteiger partial charge in [-0.2, -0.15) is 0 Å². The quantitative estimate of drug-likeness (QED) is 0.843. The Labute approximate surface area is 113 Å². The third-order valence-electron chi connectivity index (χ3n) is 3.48. The van der Waals surface area contributed by atoms with E-state index >= 15 is 0 Å². The van der Waals surface area contributed by atoms with E-state index in [1.807, 2.05) is 12.1 Å². The monoisotopic (exact) mass is 260 g/mol. The topological polar surface area (TPSA) is 43.8 Å². The molecule has 0 radical (unpaired) electrons. The van der Waals surface area contributed by atoms with Crippen molar-refractivity contribution in [2.75, 3.05) is 38.1 Å². The maximum absolute atomic E-state index is 10.8. The SMILES string of the molecule is C/C(=C\c1ccc(N2CCN(C)CC2)cc1)C(=O)O. The molecule has 0 spiro atoms. The molecule has 1 aromatic carbocycles. The van der Waals surface area contributed by atoms with Gasteiger partial charge in [-0.05, 0) is 37.7 Å². The standard InChI is InChI=1S/C15H20N2O2/c1-12(15(18)19)11-13-3-5-14(6-4-13)17-9-7-16(2)8-10-17/h3-6,11H,7-10H2,1-2H3,(H,18,19)/b12-11+. The number of benzene rings is 1. The van der Waals surface area contributed by atoms with E-state index in [-0.39, 0.29) is 0 Å². The number of piperazine rings is 1. The number of hydrogen-bond donors (Lipinski definition) is 1. The summed E-state index contributed by atoms with van der Waals surface area (Å²) in [5.74, 6) is -0.872. The first-order valence-corrected chi connectivity index (χ1v) is 6.51. The van der Waals surface area contributed by atoms with E-state index in [1.54, 1.807) is 13.0 Å². The van der Waals surface area contributed by atoms with E-state index in [2.05, 4.69) is 29.0 Å². The van der Waals surface area contributed by atoms with Gasteiger partial charge in [-0.1, -0.05) is 12.1 Å². The molecule has 1 aliphatic heterocycles. The molecule has 1 fully saturated rings. The van der Waals surface area contributed by atoms with Crippen molar-refractivity contribution in [1.82, 2.24) is 4.90 Å². The van der Waals surface area contributed by atoms with Gasteiger partial charge in [0.25, 0.3) is 0 Å². The van der Waals surface area contributed by atoms with E-state index in [0.29, 0.717) is 5.57 Å². The van der Waals surface area contributed by atoms with Crippen LogP contribution >= 0.6 is 0 Å². The largest absolute Gasteiger partial charge is 0.478 e. The summed E-state index contributed by atoms with van der Waals surface area (Å²) in [7, 11) is 2.14. The lowest BCUT2D eigenvalue weighted by molar-refractivity contribution is -0.132. The third-order valence-corrected chi connectivity index (χ3v) is 3.48. The van der Waals surface area contributed by atoms with Crippen LogP contribution in [0.2, 0.25) is 0 Å². The first-order chi connectivity index (χ1) is 9.06. The van der Waals surface area contributed by atoms with Crippen molar-refractivity contribution in [2.24, 2.45) is 0 Å². The highest BCUT2D eigenvalue weighted by molar-refractivity contribution is 5.91. The Bertz CT molecular complexity index is 471. The molecule has 0 aliphatic carbocycles. The molecule has 0 atom stereocenters. The van der Waals surface area contributed by atoms with Gasteiger partial charge in [-0.3, -0.25) is 0 Å². The normalized spacial score (nSPS) is 17.6. The molecule has 1 N–H and O–H groups in total. The van der Waals surface area contributed by atoms with Crippen molar-refractivity contribution < 1.29 is 9.90 Å². The summed E-state index contributed by atoms with van der Waals surface area (Å²) >= 11 is 0. The summed E-state index contributed by atoms with van der Waals surface area (Å²) in [5, 5.41) is 8.85. The highest BCUT2D eigenvalue weighted by Gasteiger charge is 2.13. The maximum atomic E-state index is 10.8. The van der Waals surface area contributed by atoms with Crippen molar-refractivity contribution in [3.8, 4) is 0 Å². The number of carboxylic acid groups (broad SMARTS) is 1. The van der Waals surface area contributed by atoms with Gasteiger partial charge >= 0.3 is 5.97 Å². The molecule has 4 nitrogen and oxygen atoms in total. The van der Waals surface area contributed by atoms with Crippen molar-refractivity contribution in [2.45, 2.75) is 6.92 Å². The average molecular weight is 260 g/mol. The Balaban J connectivity index is 2.06. The van der Waals surface area contributed by atoms with Crippen molar-refractivity contribution >= 4 is 17.7 Å². The van der Waals surface area contributed by atoms with Crippen LogP contribution in [-0.2, 0) is 4.79 Å². The molecule has 1 aromatic rings. The Hall–Kier alpha value is -1.81. The highest BCUT2D eigenvalue weighted by atomic mass is 16.4. The van der Waals surface area contributed by atoms with Crippen LogP contribution in [-0.4, -0.2) is 49.2 Å². The Morgan fingerprint density at radius 2 is 1.74 bits per heavy atom. The molecule has 0 saturated carbocycles. The maximum Gasteiger partial charge on any atom is 0.331 e. The van der Waals surface area contributed by atoms with Gasteiger partial charge in [-0.25, -0.2) is 4.79 Å². The molecule has 1 saturated heterocycles. The molecule has 2 rings (SSSR count). The zero-order valence-electron chi connectivity index (χ0n) is 11.5. The predicted molar refractivity (Wildman–Crippen MR) is 77.4 cm³/mol. The van der Waals surface area contributed by atoms with Gasteiger partial charge in [0, 0.05) is 37.4 Å². The number of nitrogens with zero attached hydrogens (tertiary/aromatic N) is 2. The number of rotatable bonds is 3. The highest BCUT2D eigenvalue weighted by Crippen LogP contribution is 2.18. The van der Waals surface area contributed by atoms with E-state index in [0.717, 1.165) is 31.7 Å². The fourth-order valence-corrected chi connectivity index (χ4v) is 2.16. The summed E-state index contributed by atoms with van der Waals surface area (Å²) in [4.78, 5) is 15.4. The van der Waals surface area contributed by atoms with E-state index < -0.39 is 5.97 Å². The molecule has 1 aliphatic rings. The molecule has 19 heavy (non-hydrogen) atoms. The molecule has 102 valence electrons. The van der Waals surface area contributed by atoms with Crippen molar-refractivity contribution in [3.05, 3.63) is 35.4 Å². The molecule has 1 heterocycles. The lowest BCUT2D eigenvalue weighted by Crippen LogP contribution is -2.44. The molecule has 0 amide bonds. The first-order valence-electron chi connectivity index (χ1n) is 6.51. The second-order valence-corrected chi connectivity index (χ2v) is 5.01. The van der Waals surface area contributed by atoms with Crippen LogP contribution < -0.4 is 4.90 Å². The number of carboxylic acids is 1. The van der Waals surface area contributed by atoms with Crippen LogP contribution in [0.3, 0.4) is 0 Å². The summed E-state index contributed by atoms with van der Waals surface area (Å²) in [5.41, 5.74) is 2.49. The minimum atomic E-state index is -0.872. The minimum Gasteiger partial charge on any atom is -0.478 e. The lowest BCUT2D eigenvalue weighted by Gasteiger charge is -2.34. The zero-order chi connectivity index (χ0) is 13.8. The van der Waals surface area contributed by atoms with Gasteiger partial charge in [0.15, 0.2) is 0 Å². The Morgan fingerprint density at radius 3 is 2.26 bits per heavy atom. The number of hydrogen-bond acceptors (Lipinski definition) is 3. The fraction of sp³-hybridized carbons (Fsp3) is 0.400.